The van der Waals surface area contributed by atoms with E-state index in [1.807, 2.05) is 24.3 Å². The van der Waals surface area contributed by atoms with E-state index >= 15 is 0 Å². The van der Waals surface area contributed by atoms with Gasteiger partial charge in [0.1, 0.15) is 0 Å². The van der Waals surface area contributed by atoms with Crippen molar-refractivity contribution < 1.29 is 0 Å². The van der Waals surface area contributed by atoms with Crippen LogP contribution in [0, 0.1) is 0 Å². The third kappa shape index (κ3) is 5.72. The van der Waals surface area contributed by atoms with Crippen molar-refractivity contribution in [1.29, 1.82) is 0 Å². The monoisotopic (exact) mass is 737 g/mol. The first-order chi connectivity index (χ1) is 28.8. The van der Waals surface area contributed by atoms with Crippen molar-refractivity contribution in [2.24, 2.45) is 0 Å². The Kier molecular flexibility index (Phi) is 8.15. The summed E-state index contributed by atoms with van der Waals surface area (Å²) in [5, 5.41) is 9.61. The Balaban J connectivity index is 1.16. The highest BCUT2D eigenvalue weighted by Crippen LogP contribution is 2.48. The third-order valence-corrected chi connectivity index (χ3v) is 11.3. The van der Waals surface area contributed by atoms with Gasteiger partial charge in [0.2, 0.25) is 0 Å². The highest BCUT2D eigenvalue weighted by Gasteiger charge is 2.22. The van der Waals surface area contributed by atoms with Crippen LogP contribution in [0.3, 0.4) is 0 Å². The molecule has 0 saturated carbocycles. The highest BCUT2D eigenvalue weighted by atomic mass is 15.0. The number of aromatic nitrogens is 3. The van der Waals surface area contributed by atoms with E-state index in [1.54, 1.807) is 0 Å². The van der Waals surface area contributed by atoms with Gasteiger partial charge in [0, 0.05) is 16.7 Å². The molecule has 0 fully saturated rings. The molecule has 58 heavy (non-hydrogen) atoms. The van der Waals surface area contributed by atoms with Crippen LogP contribution in [-0.2, 0) is 0 Å². The molecule has 3 heteroatoms. The molecule has 11 rings (SSSR count). The molecule has 0 N–H and O–H groups in total. The van der Waals surface area contributed by atoms with Crippen molar-refractivity contribution in [3.63, 3.8) is 0 Å². The zero-order valence-corrected chi connectivity index (χ0v) is 31.5. The molecule has 3 nitrogen and oxygen atoms in total. The normalized spacial score (nSPS) is 11.4. The van der Waals surface area contributed by atoms with Crippen LogP contribution in [0.2, 0.25) is 0 Å². The molecule has 0 aliphatic heterocycles. The lowest BCUT2D eigenvalue weighted by Gasteiger charge is -2.21. The van der Waals surface area contributed by atoms with Crippen LogP contribution in [0.15, 0.2) is 212 Å². The molecular formula is C55H35N3. The van der Waals surface area contributed by atoms with Gasteiger partial charge in [0.25, 0.3) is 0 Å². The molecule has 0 radical (unpaired) electrons. The van der Waals surface area contributed by atoms with Gasteiger partial charge < -0.3 is 0 Å². The number of fused-ring (bicyclic) bond motifs is 5. The molecular weight excluding hydrogens is 703 g/mol. The fourth-order valence-electron chi connectivity index (χ4n) is 8.64. The van der Waals surface area contributed by atoms with Gasteiger partial charge in [0.15, 0.2) is 17.5 Å². The van der Waals surface area contributed by atoms with E-state index in [4.69, 9.17) is 15.0 Å². The molecule has 0 saturated heterocycles. The van der Waals surface area contributed by atoms with Gasteiger partial charge in [-0.3, -0.25) is 0 Å². The SMILES string of the molecule is c1ccc(-c2ccc(-c3nc(-c4ccccc4)nc(-c4ccc(-c5c6ccccc6c(-c6ccccc6)c6ccc7ccccc7c56)c5ccccc45)n3)cc2)cc1. The van der Waals surface area contributed by atoms with Crippen LogP contribution in [0.4, 0.5) is 0 Å². The second-order valence-electron chi connectivity index (χ2n) is 14.7. The second kappa shape index (κ2) is 14.1. The molecule has 0 amide bonds. The van der Waals surface area contributed by atoms with Crippen LogP contribution in [-0.4, -0.2) is 15.0 Å². The zero-order valence-electron chi connectivity index (χ0n) is 31.5. The molecule has 0 aliphatic rings. The third-order valence-electron chi connectivity index (χ3n) is 11.3. The average molecular weight is 738 g/mol. The maximum Gasteiger partial charge on any atom is 0.164 e. The molecule has 1 heterocycles. The van der Waals surface area contributed by atoms with E-state index < -0.39 is 0 Å². The Labute approximate surface area is 336 Å². The average Bonchev–Trinajstić information content (AvgIpc) is 3.31. The number of rotatable bonds is 6. The smallest absolute Gasteiger partial charge is 0.164 e. The van der Waals surface area contributed by atoms with Crippen molar-refractivity contribution in [1.82, 2.24) is 15.0 Å². The van der Waals surface area contributed by atoms with Crippen molar-refractivity contribution in [3.8, 4) is 67.5 Å². The number of hydrogen-bond donors (Lipinski definition) is 0. The molecule has 0 spiro atoms. The van der Waals surface area contributed by atoms with Crippen LogP contribution >= 0.6 is 0 Å². The lowest BCUT2D eigenvalue weighted by Crippen LogP contribution is -2.01. The minimum Gasteiger partial charge on any atom is -0.208 e. The van der Waals surface area contributed by atoms with Gasteiger partial charge in [-0.2, -0.15) is 0 Å². The minimum absolute atomic E-state index is 0.636. The zero-order chi connectivity index (χ0) is 38.4. The van der Waals surface area contributed by atoms with Crippen LogP contribution < -0.4 is 0 Å². The summed E-state index contributed by atoms with van der Waals surface area (Å²) in [6.45, 7) is 0. The standard InChI is InChI=1S/C55H35N3/c1-4-16-36(17-5-1)37-28-30-41(31-29-37)54-56-53(40-21-8-3-9-22-40)57-55(58-54)48-35-34-47(43-24-12-13-25-44(43)48)52-46-27-15-14-26-45(46)50(39-19-6-2-7-20-39)49-33-32-38-18-10-11-23-42(38)51(49)52/h1-35H. The summed E-state index contributed by atoms with van der Waals surface area (Å²) < 4.78 is 0. The topological polar surface area (TPSA) is 38.7 Å². The maximum atomic E-state index is 5.22. The van der Waals surface area contributed by atoms with Gasteiger partial charge >= 0.3 is 0 Å². The predicted octanol–water partition coefficient (Wildman–Crippen LogP) is 14.5. The lowest BCUT2D eigenvalue weighted by atomic mass is 9.82. The number of benzene rings is 10. The van der Waals surface area contributed by atoms with Crippen molar-refractivity contribution in [2.45, 2.75) is 0 Å². The molecule has 1 aromatic heterocycles. The fraction of sp³-hybridized carbons (Fsp3) is 0. The van der Waals surface area contributed by atoms with Gasteiger partial charge in [-0.15, -0.1) is 0 Å². The van der Waals surface area contributed by atoms with Crippen molar-refractivity contribution in [2.75, 3.05) is 0 Å². The van der Waals surface area contributed by atoms with E-state index in [9.17, 15) is 0 Å². The summed E-state index contributed by atoms with van der Waals surface area (Å²) in [6.07, 6.45) is 0. The van der Waals surface area contributed by atoms with Crippen LogP contribution in [0.25, 0.3) is 111 Å². The molecule has 0 atom stereocenters. The Morgan fingerprint density at radius 2 is 0.655 bits per heavy atom. The van der Waals surface area contributed by atoms with E-state index in [2.05, 4.69) is 188 Å². The Hall–Kier alpha value is -7.75. The Bertz CT molecular complexity index is 3300. The molecule has 11 aromatic rings. The van der Waals surface area contributed by atoms with Gasteiger partial charge in [0.05, 0.1) is 0 Å². The Morgan fingerprint density at radius 3 is 1.31 bits per heavy atom. The number of nitrogens with zero attached hydrogens (tertiary/aromatic N) is 3. The molecule has 0 aliphatic carbocycles. The van der Waals surface area contributed by atoms with E-state index in [0.29, 0.717) is 17.5 Å². The van der Waals surface area contributed by atoms with Crippen LogP contribution in [0.1, 0.15) is 0 Å². The molecule has 0 unspecified atom stereocenters. The lowest BCUT2D eigenvalue weighted by molar-refractivity contribution is 1.08. The molecule has 0 bridgehead atoms. The first-order valence-electron chi connectivity index (χ1n) is 19.7. The van der Waals surface area contributed by atoms with E-state index in [-0.39, 0.29) is 0 Å². The summed E-state index contributed by atoms with van der Waals surface area (Å²) in [5.41, 5.74) is 10.0. The summed E-state index contributed by atoms with van der Waals surface area (Å²) >= 11 is 0. The maximum absolute atomic E-state index is 5.22. The van der Waals surface area contributed by atoms with Gasteiger partial charge in [-0.05, 0) is 82.5 Å². The van der Waals surface area contributed by atoms with Crippen LogP contribution in [0.5, 0.6) is 0 Å². The van der Waals surface area contributed by atoms with E-state index in [0.717, 1.165) is 33.0 Å². The quantitative estimate of drug-likeness (QED) is 0.126. The van der Waals surface area contributed by atoms with E-state index in [1.165, 1.54) is 60.1 Å². The largest absolute Gasteiger partial charge is 0.208 e. The highest BCUT2D eigenvalue weighted by molar-refractivity contribution is 6.29. The van der Waals surface area contributed by atoms with Crippen molar-refractivity contribution >= 4 is 43.1 Å². The molecule has 10 aromatic carbocycles. The summed E-state index contributed by atoms with van der Waals surface area (Å²) in [6, 6.07) is 75.3. The van der Waals surface area contributed by atoms with Crippen molar-refractivity contribution in [3.05, 3.63) is 212 Å². The fourth-order valence-corrected chi connectivity index (χ4v) is 8.64. The summed E-state index contributed by atoms with van der Waals surface area (Å²) in [7, 11) is 0. The first-order valence-corrected chi connectivity index (χ1v) is 19.7. The summed E-state index contributed by atoms with van der Waals surface area (Å²) in [5.74, 6) is 1.91. The number of hydrogen-bond acceptors (Lipinski definition) is 3. The predicted molar refractivity (Wildman–Crippen MR) is 242 cm³/mol. The van der Waals surface area contributed by atoms with Gasteiger partial charge in [-0.25, -0.2) is 15.0 Å². The second-order valence-corrected chi connectivity index (χ2v) is 14.7. The first kappa shape index (κ1) is 33.6. The minimum atomic E-state index is 0.636. The summed E-state index contributed by atoms with van der Waals surface area (Å²) in [4.78, 5) is 15.5. The van der Waals surface area contributed by atoms with Gasteiger partial charge in [-0.1, -0.05) is 206 Å². The Morgan fingerprint density at radius 1 is 0.224 bits per heavy atom. The molecule has 270 valence electrons.